The summed E-state index contributed by atoms with van der Waals surface area (Å²) in [5.41, 5.74) is -0.754. The van der Waals surface area contributed by atoms with Crippen LogP contribution in [-0.4, -0.2) is 255 Å². The molecule has 6 saturated heterocycles. The summed E-state index contributed by atoms with van der Waals surface area (Å²) < 4.78 is 78.1. The van der Waals surface area contributed by atoms with Crippen molar-refractivity contribution in [1.29, 1.82) is 0 Å². The Morgan fingerprint density at radius 1 is 0.663 bits per heavy atom. The molecule has 86 heavy (non-hydrogen) atoms. The van der Waals surface area contributed by atoms with Gasteiger partial charge in [0.15, 0.2) is 31.5 Å². The number of aliphatic hydroxyl groups excluding tert-OH is 11. The SMILES string of the molecule is C=C(C)C[C@@H](C[C@]1(C)OC(=O)[C@]23CC[C@@H]4C(=CC[C@H]5C(C)(C)[C@@H](O[C@@H]6OC[C@@H](O[C@@H]7O[C@H](CO)[C@@H](O)[C@H](O)[C@H]7O)[C@H](O)[C@H]6O[C@@H]6O[C@H](C)[C@@H](O[C@@H]7OC[C@@H](O)[C@H](O[C@@H]8OC[C@@H](O)[C@H](OC)[C@H]8O)[C@H]7O)[C@H](O)[C@H]6O)CC[C@]45C)[C@]2(C)CC[C@@H]31)OC(C)=O. The van der Waals surface area contributed by atoms with Crippen molar-refractivity contribution in [2.75, 3.05) is 33.5 Å². The van der Waals surface area contributed by atoms with Crippen molar-refractivity contribution < 1.29 is 127 Å². The standard InChI is InChI=1S/C60H94O26/c1-25(2)19-28(79-27(4)62)20-59(9)36-14-17-58(8)30-11-12-35-56(5,6)37(15-16-57(35,7)29(30)13-18-60(36,58)55(73)86-59)82-54-49(39(66)34(24-77-54)81-53-42(69)40(67)38(65)33(21-61)80-53)85-52-43(70)41(68)46(26(3)78-52)83-51-45(72)48(32(64)23-76-51)84-50-44(71)47(74-10)31(63)22-75-50/h11,26,28-29,31-54,61,63-72H,1,12-24H2,2-10H3/t26-,28+,29-,31-,32-,33-,34-,35+,36-,37+,38-,39+,40+,41-,42-,43-,44-,45-,46-,47+,48+,49-,50+,51+,52+,53+,54+,57-,58+,59+,60-/m1/s1. The summed E-state index contributed by atoms with van der Waals surface area (Å²) in [6, 6.07) is 0. The maximum atomic E-state index is 14.7. The van der Waals surface area contributed by atoms with Gasteiger partial charge >= 0.3 is 11.9 Å². The van der Waals surface area contributed by atoms with E-state index in [1.807, 2.05) is 13.8 Å². The second-order valence-electron chi connectivity index (χ2n) is 27.5. The zero-order valence-electron chi connectivity index (χ0n) is 50.6. The van der Waals surface area contributed by atoms with Crippen LogP contribution >= 0.6 is 0 Å². The fourth-order valence-electron chi connectivity index (χ4n) is 17.4. The van der Waals surface area contributed by atoms with Crippen molar-refractivity contribution in [3.05, 3.63) is 23.8 Å². The second-order valence-corrected chi connectivity index (χ2v) is 27.5. The topological polar surface area (TPSA) is 377 Å². The minimum atomic E-state index is -1.93. The van der Waals surface area contributed by atoms with Crippen molar-refractivity contribution in [1.82, 2.24) is 0 Å². The van der Waals surface area contributed by atoms with Crippen molar-refractivity contribution >= 4 is 11.9 Å². The van der Waals surface area contributed by atoms with E-state index in [1.54, 1.807) is 0 Å². The predicted molar refractivity (Wildman–Crippen MR) is 292 cm³/mol. The van der Waals surface area contributed by atoms with Crippen LogP contribution in [0.1, 0.15) is 113 Å². The first-order valence-corrected chi connectivity index (χ1v) is 30.6. The summed E-state index contributed by atoms with van der Waals surface area (Å²) in [5.74, 6) is -0.507. The number of rotatable bonds is 17. The van der Waals surface area contributed by atoms with Gasteiger partial charge in [-0.15, -0.1) is 6.58 Å². The van der Waals surface area contributed by atoms with E-state index in [-0.39, 0.29) is 35.7 Å². The van der Waals surface area contributed by atoms with Gasteiger partial charge in [-0.05, 0) is 88.4 Å². The highest BCUT2D eigenvalue weighted by Crippen LogP contribution is 2.76. The number of methoxy groups -OCH3 is 1. The van der Waals surface area contributed by atoms with Gasteiger partial charge in [0.05, 0.1) is 44.1 Å². The average Bonchev–Trinajstić information content (AvgIpc) is 1.46. The predicted octanol–water partition coefficient (Wildman–Crippen LogP) is -0.744. The number of aliphatic hydroxyl groups is 11. The van der Waals surface area contributed by atoms with Gasteiger partial charge < -0.3 is 118 Å². The monoisotopic (exact) mass is 1230 g/mol. The molecule has 10 aliphatic rings. The van der Waals surface area contributed by atoms with Crippen LogP contribution in [0, 0.1) is 39.4 Å². The fraction of sp³-hybridized carbons (Fsp3) is 0.900. The largest absolute Gasteiger partial charge is 0.462 e. The fourth-order valence-corrected chi connectivity index (χ4v) is 17.4. The number of carbonyl (C=O) groups is 2. The Bertz CT molecular complexity index is 2430. The molecule has 6 heterocycles. The molecule has 10 rings (SSSR count). The molecule has 26 heteroatoms. The lowest BCUT2D eigenvalue weighted by atomic mass is 9.41. The van der Waals surface area contributed by atoms with E-state index in [2.05, 4.69) is 40.3 Å². The molecule has 0 aromatic heterocycles. The Morgan fingerprint density at radius 2 is 1.28 bits per heavy atom. The number of hydrogen-bond donors (Lipinski definition) is 11. The van der Waals surface area contributed by atoms with Gasteiger partial charge in [-0.25, -0.2) is 0 Å². The lowest BCUT2D eigenvalue weighted by Gasteiger charge is -2.64. The number of carbonyl (C=O) groups excluding carboxylic acids is 2. The third kappa shape index (κ3) is 11.5. The van der Waals surface area contributed by atoms with Crippen LogP contribution in [0.2, 0.25) is 0 Å². The first kappa shape index (κ1) is 66.5. The summed E-state index contributed by atoms with van der Waals surface area (Å²) in [5, 5.41) is 121. The molecule has 11 N–H and O–H groups in total. The maximum Gasteiger partial charge on any atom is 0.313 e. The molecule has 0 radical (unpaired) electrons. The average molecular weight is 1230 g/mol. The van der Waals surface area contributed by atoms with Crippen molar-refractivity contribution in [2.24, 2.45) is 39.4 Å². The van der Waals surface area contributed by atoms with Crippen LogP contribution in [0.4, 0.5) is 0 Å². The lowest BCUT2D eigenvalue weighted by molar-refractivity contribution is -0.389. The molecule has 9 fully saturated rings. The summed E-state index contributed by atoms with van der Waals surface area (Å²) in [7, 11) is 1.28. The molecular weight excluding hydrogens is 1140 g/mol. The molecule has 0 aromatic carbocycles. The molecule has 490 valence electrons. The number of ether oxygens (including phenoxy) is 13. The van der Waals surface area contributed by atoms with Gasteiger partial charge in [0.2, 0.25) is 0 Å². The van der Waals surface area contributed by atoms with E-state index in [1.165, 1.54) is 26.5 Å². The first-order valence-electron chi connectivity index (χ1n) is 30.6. The molecular formula is C60H94O26. The molecule has 6 aliphatic heterocycles. The van der Waals surface area contributed by atoms with Crippen molar-refractivity contribution in [3.63, 3.8) is 0 Å². The summed E-state index contributed by atoms with van der Waals surface area (Å²) in [6.07, 6.45) is -27.1. The van der Waals surface area contributed by atoms with E-state index >= 15 is 0 Å². The van der Waals surface area contributed by atoms with E-state index in [0.717, 1.165) is 24.8 Å². The minimum Gasteiger partial charge on any atom is -0.462 e. The molecule has 26 nitrogen and oxygen atoms in total. The van der Waals surface area contributed by atoms with Crippen molar-refractivity contribution in [3.8, 4) is 0 Å². The van der Waals surface area contributed by atoms with E-state index in [9.17, 15) is 65.8 Å². The molecule has 3 saturated carbocycles. The molecule has 4 aliphatic carbocycles. The van der Waals surface area contributed by atoms with Crippen LogP contribution < -0.4 is 0 Å². The number of fused-ring (bicyclic) bond motifs is 4. The van der Waals surface area contributed by atoms with Gasteiger partial charge in [0, 0.05) is 38.2 Å². The molecule has 0 bridgehead atoms. The lowest BCUT2D eigenvalue weighted by Crippen LogP contribution is -2.66. The third-order valence-electron chi connectivity index (χ3n) is 21.8. The molecule has 31 atom stereocenters. The highest BCUT2D eigenvalue weighted by molar-refractivity contribution is 5.83. The van der Waals surface area contributed by atoms with Gasteiger partial charge in [-0.2, -0.15) is 0 Å². The Morgan fingerprint density at radius 3 is 1.93 bits per heavy atom. The minimum absolute atomic E-state index is 0.0392. The van der Waals surface area contributed by atoms with Crippen LogP contribution in [0.25, 0.3) is 0 Å². The molecule has 0 amide bonds. The van der Waals surface area contributed by atoms with Crippen LogP contribution in [-0.2, 0) is 71.2 Å². The molecule has 0 aromatic rings. The Kier molecular flexibility index (Phi) is 19.5. The molecule has 1 spiro atoms. The van der Waals surface area contributed by atoms with E-state index in [4.69, 9.17) is 61.6 Å². The number of cyclic esters (lactones) is 1. The van der Waals surface area contributed by atoms with Gasteiger partial charge in [0.25, 0.3) is 0 Å². The van der Waals surface area contributed by atoms with Crippen LogP contribution in [0.15, 0.2) is 23.8 Å². The summed E-state index contributed by atoms with van der Waals surface area (Å²) in [6.45, 7) is 17.8. The number of hydrogen-bond acceptors (Lipinski definition) is 26. The van der Waals surface area contributed by atoms with Crippen molar-refractivity contribution in [2.45, 2.75) is 266 Å². The smallest absolute Gasteiger partial charge is 0.313 e. The van der Waals surface area contributed by atoms with Crippen LogP contribution in [0.3, 0.4) is 0 Å². The van der Waals surface area contributed by atoms with Gasteiger partial charge in [-0.1, -0.05) is 44.9 Å². The quantitative estimate of drug-likeness (QED) is 0.0631. The number of esters is 2. The van der Waals surface area contributed by atoms with Crippen LogP contribution in [0.5, 0.6) is 0 Å². The highest BCUT2D eigenvalue weighted by atomic mass is 16.8. The zero-order valence-corrected chi connectivity index (χ0v) is 50.6. The maximum absolute atomic E-state index is 14.7. The van der Waals surface area contributed by atoms with Gasteiger partial charge in [0.1, 0.15) is 109 Å². The normalized spacial score (nSPS) is 51.3. The van der Waals surface area contributed by atoms with E-state index in [0.29, 0.717) is 38.5 Å². The first-order chi connectivity index (χ1) is 40.5. The second kappa shape index (κ2) is 25.2. The summed E-state index contributed by atoms with van der Waals surface area (Å²) >= 11 is 0. The van der Waals surface area contributed by atoms with Gasteiger partial charge in [-0.3, -0.25) is 9.59 Å². The zero-order chi connectivity index (χ0) is 62.5. The van der Waals surface area contributed by atoms with E-state index < -0.39 is 195 Å². The Labute approximate surface area is 500 Å². The summed E-state index contributed by atoms with van der Waals surface area (Å²) in [4.78, 5) is 26.9. The molecule has 0 unspecified atom stereocenters. The number of allylic oxidation sites excluding steroid dienone is 2. The Hall–Kier alpha value is -2.46. The third-order valence-corrected chi connectivity index (χ3v) is 21.8. The Balaban J connectivity index is 0.858. The highest BCUT2D eigenvalue weighted by Gasteiger charge is 2.76.